The summed E-state index contributed by atoms with van der Waals surface area (Å²) in [6, 6.07) is 8.30. The number of benzene rings is 1. The fourth-order valence-electron chi connectivity index (χ4n) is 2.11. The van der Waals surface area contributed by atoms with E-state index >= 15 is 0 Å². The van der Waals surface area contributed by atoms with E-state index in [1.54, 1.807) is 6.33 Å². The SMILES string of the molecule is CN(C)c1ccc(NC(=O)CSc2nncn2C2CC2)cc1. The van der Waals surface area contributed by atoms with Gasteiger partial charge in [0.2, 0.25) is 5.91 Å². The van der Waals surface area contributed by atoms with Gasteiger partial charge in [-0.15, -0.1) is 10.2 Å². The molecule has 6 nitrogen and oxygen atoms in total. The van der Waals surface area contributed by atoms with E-state index in [1.807, 2.05) is 43.3 Å². The second-order valence-electron chi connectivity index (χ2n) is 5.53. The van der Waals surface area contributed by atoms with Crippen LogP contribution in [0, 0.1) is 0 Å². The average Bonchev–Trinajstić information content (AvgIpc) is 3.24. The molecule has 0 atom stereocenters. The van der Waals surface area contributed by atoms with Crippen molar-refractivity contribution < 1.29 is 4.79 Å². The van der Waals surface area contributed by atoms with E-state index in [-0.39, 0.29) is 5.91 Å². The number of thioether (sulfide) groups is 1. The van der Waals surface area contributed by atoms with Crippen molar-refractivity contribution >= 4 is 29.0 Å². The summed E-state index contributed by atoms with van der Waals surface area (Å²) in [5.74, 6) is 0.300. The summed E-state index contributed by atoms with van der Waals surface area (Å²) in [4.78, 5) is 14.0. The molecule has 0 spiro atoms. The van der Waals surface area contributed by atoms with Gasteiger partial charge >= 0.3 is 0 Å². The van der Waals surface area contributed by atoms with Crippen LogP contribution in [0.15, 0.2) is 35.7 Å². The van der Waals surface area contributed by atoms with Gasteiger partial charge in [0, 0.05) is 31.5 Å². The van der Waals surface area contributed by atoms with Crippen molar-refractivity contribution in [2.24, 2.45) is 0 Å². The van der Waals surface area contributed by atoms with Crippen LogP contribution < -0.4 is 10.2 Å². The smallest absolute Gasteiger partial charge is 0.234 e. The standard InChI is InChI=1S/C15H19N5OS/c1-19(2)12-5-3-11(4-6-12)17-14(21)9-22-15-18-16-10-20(15)13-7-8-13/h3-6,10,13H,7-9H2,1-2H3,(H,17,21). The maximum absolute atomic E-state index is 12.0. The van der Waals surface area contributed by atoms with Gasteiger partial charge in [0.05, 0.1) is 5.75 Å². The number of hydrogen-bond donors (Lipinski definition) is 1. The summed E-state index contributed by atoms with van der Waals surface area (Å²) in [5, 5.41) is 11.7. The Hall–Kier alpha value is -2.02. The Labute approximate surface area is 133 Å². The second-order valence-corrected chi connectivity index (χ2v) is 6.47. The fourth-order valence-corrected chi connectivity index (χ4v) is 2.89. The third-order valence-electron chi connectivity index (χ3n) is 3.48. The highest BCUT2D eigenvalue weighted by Gasteiger charge is 2.26. The third kappa shape index (κ3) is 3.59. The van der Waals surface area contributed by atoms with Crippen molar-refractivity contribution in [1.29, 1.82) is 0 Å². The first-order chi connectivity index (χ1) is 10.6. The molecule has 1 amide bonds. The number of aromatic nitrogens is 3. The molecule has 1 aromatic heterocycles. The maximum atomic E-state index is 12.0. The topological polar surface area (TPSA) is 63.1 Å². The van der Waals surface area contributed by atoms with Crippen LogP contribution in [0.3, 0.4) is 0 Å². The Morgan fingerprint density at radius 1 is 1.36 bits per heavy atom. The van der Waals surface area contributed by atoms with Crippen LogP contribution in [0.2, 0.25) is 0 Å². The highest BCUT2D eigenvalue weighted by Crippen LogP contribution is 2.37. The number of nitrogens with one attached hydrogen (secondary N) is 1. The van der Waals surface area contributed by atoms with Crippen LogP contribution in [0.5, 0.6) is 0 Å². The zero-order chi connectivity index (χ0) is 15.5. The zero-order valence-corrected chi connectivity index (χ0v) is 13.5. The van der Waals surface area contributed by atoms with E-state index in [0.29, 0.717) is 11.8 Å². The monoisotopic (exact) mass is 317 g/mol. The van der Waals surface area contributed by atoms with Crippen LogP contribution >= 0.6 is 11.8 Å². The molecule has 0 bridgehead atoms. The molecular formula is C15H19N5OS. The first-order valence-corrected chi connectivity index (χ1v) is 8.21. The summed E-state index contributed by atoms with van der Waals surface area (Å²) in [5.41, 5.74) is 1.91. The molecule has 7 heteroatoms. The molecule has 0 unspecified atom stereocenters. The summed E-state index contributed by atoms with van der Waals surface area (Å²) >= 11 is 1.43. The summed E-state index contributed by atoms with van der Waals surface area (Å²) < 4.78 is 2.06. The lowest BCUT2D eigenvalue weighted by atomic mass is 10.2. The van der Waals surface area contributed by atoms with Gasteiger partial charge in [0.25, 0.3) is 0 Å². The van der Waals surface area contributed by atoms with Crippen molar-refractivity contribution in [3.8, 4) is 0 Å². The minimum atomic E-state index is -0.0343. The molecular weight excluding hydrogens is 298 g/mol. The number of rotatable bonds is 6. The van der Waals surface area contributed by atoms with Crippen LogP contribution in [0.4, 0.5) is 11.4 Å². The number of carbonyl (C=O) groups excluding carboxylic acids is 1. The molecule has 22 heavy (non-hydrogen) atoms. The summed E-state index contributed by atoms with van der Waals surface area (Å²) in [6.45, 7) is 0. The van der Waals surface area contributed by atoms with Gasteiger partial charge < -0.3 is 14.8 Å². The van der Waals surface area contributed by atoms with Crippen LogP contribution in [0.25, 0.3) is 0 Å². The molecule has 2 aromatic rings. The van der Waals surface area contributed by atoms with E-state index < -0.39 is 0 Å². The van der Waals surface area contributed by atoms with Crippen LogP contribution in [-0.4, -0.2) is 40.5 Å². The van der Waals surface area contributed by atoms with Crippen LogP contribution in [0.1, 0.15) is 18.9 Å². The van der Waals surface area contributed by atoms with E-state index in [2.05, 4.69) is 20.1 Å². The summed E-state index contributed by atoms with van der Waals surface area (Å²) in [7, 11) is 3.97. The first kappa shape index (κ1) is 14.9. The Balaban J connectivity index is 1.52. The molecule has 3 rings (SSSR count). The predicted octanol–water partition coefficient (Wildman–Crippen LogP) is 2.41. The number of carbonyl (C=O) groups is 1. The quantitative estimate of drug-likeness (QED) is 0.829. The average molecular weight is 317 g/mol. The minimum absolute atomic E-state index is 0.0343. The summed E-state index contributed by atoms with van der Waals surface area (Å²) in [6.07, 6.45) is 4.10. The van der Waals surface area contributed by atoms with E-state index in [9.17, 15) is 4.79 Å². The number of amides is 1. The van der Waals surface area contributed by atoms with Gasteiger partial charge in [-0.3, -0.25) is 4.79 Å². The Bertz CT molecular complexity index is 648. The highest BCUT2D eigenvalue weighted by molar-refractivity contribution is 7.99. The van der Waals surface area contributed by atoms with Gasteiger partial charge in [0.15, 0.2) is 5.16 Å². The van der Waals surface area contributed by atoms with Gasteiger partial charge in [-0.2, -0.15) is 0 Å². The van der Waals surface area contributed by atoms with Crippen molar-refractivity contribution in [3.05, 3.63) is 30.6 Å². The highest BCUT2D eigenvalue weighted by atomic mass is 32.2. The first-order valence-electron chi connectivity index (χ1n) is 7.23. The van der Waals surface area contributed by atoms with E-state index in [4.69, 9.17) is 0 Å². The molecule has 1 aliphatic carbocycles. The number of nitrogens with zero attached hydrogens (tertiary/aromatic N) is 4. The Morgan fingerprint density at radius 2 is 2.09 bits per heavy atom. The molecule has 1 aliphatic rings. The van der Waals surface area contributed by atoms with Crippen molar-refractivity contribution in [3.63, 3.8) is 0 Å². The molecule has 0 radical (unpaired) electrons. The van der Waals surface area contributed by atoms with Crippen molar-refractivity contribution in [2.75, 3.05) is 30.1 Å². The van der Waals surface area contributed by atoms with E-state index in [0.717, 1.165) is 16.5 Å². The number of hydrogen-bond acceptors (Lipinski definition) is 5. The lowest BCUT2D eigenvalue weighted by Crippen LogP contribution is -2.15. The fraction of sp³-hybridized carbons (Fsp3) is 0.400. The third-order valence-corrected chi connectivity index (χ3v) is 4.44. The minimum Gasteiger partial charge on any atom is -0.378 e. The molecule has 1 aromatic carbocycles. The largest absolute Gasteiger partial charge is 0.378 e. The van der Waals surface area contributed by atoms with Gasteiger partial charge in [0.1, 0.15) is 6.33 Å². The zero-order valence-electron chi connectivity index (χ0n) is 12.7. The van der Waals surface area contributed by atoms with Crippen molar-refractivity contribution in [2.45, 2.75) is 24.0 Å². The van der Waals surface area contributed by atoms with Gasteiger partial charge in [-0.05, 0) is 37.1 Å². The molecule has 1 heterocycles. The maximum Gasteiger partial charge on any atom is 0.234 e. The second kappa shape index (κ2) is 6.39. The molecule has 1 fully saturated rings. The van der Waals surface area contributed by atoms with Gasteiger partial charge in [-0.1, -0.05) is 11.8 Å². The molecule has 1 N–H and O–H groups in total. The normalized spacial score (nSPS) is 13.9. The Kier molecular flexibility index (Phi) is 4.33. The lowest BCUT2D eigenvalue weighted by molar-refractivity contribution is -0.113. The van der Waals surface area contributed by atoms with Gasteiger partial charge in [-0.25, -0.2) is 0 Å². The lowest BCUT2D eigenvalue weighted by Gasteiger charge is -2.13. The molecule has 0 saturated heterocycles. The van der Waals surface area contributed by atoms with Crippen molar-refractivity contribution in [1.82, 2.24) is 14.8 Å². The van der Waals surface area contributed by atoms with E-state index in [1.165, 1.54) is 24.6 Å². The predicted molar refractivity (Wildman–Crippen MR) is 88.4 cm³/mol. The molecule has 1 saturated carbocycles. The molecule has 0 aliphatic heterocycles. The number of anilines is 2. The Morgan fingerprint density at radius 3 is 2.73 bits per heavy atom. The van der Waals surface area contributed by atoms with Crippen LogP contribution in [-0.2, 0) is 4.79 Å². The molecule has 116 valence electrons.